The number of hydrogen-bond acceptors (Lipinski definition) is 3. The molecule has 3 nitrogen and oxygen atoms in total. The first-order valence-electron chi connectivity index (χ1n) is 4.97. The highest BCUT2D eigenvalue weighted by molar-refractivity contribution is 6.61. The van der Waals surface area contributed by atoms with E-state index in [-0.39, 0.29) is 6.07 Å². The fourth-order valence-corrected chi connectivity index (χ4v) is 3.24. The molecule has 1 aromatic rings. The normalized spacial score (nSPS) is 13.7. The van der Waals surface area contributed by atoms with Gasteiger partial charge in [0.2, 0.25) is 0 Å². The smallest absolute Gasteiger partial charge is 0.375 e. The highest BCUT2D eigenvalue weighted by atomic mass is 28.4. The Bertz CT molecular complexity index is 459. The van der Waals surface area contributed by atoms with Crippen LogP contribution in [0, 0.1) is 23.3 Å². The van der Waals surface area contributed by atoms with E-state index in [9.17, 15) is 22.0 Å². The second kappa shape index (κ2) is 5.95. The Hall–Kier alpha value is -1.03. The summed E-state index contributed by atoms with van der Waals surface area (Å²) < 4.78 is 80.7. The van der Waals surface area contributed by atoms with Crippen molar-refractivity contribution in [1.82, 2.24) is 0 Å². The first-order valence-corrected chi connectivity index (χ1v) is 6.77. The van der Waals surface area contributed by atoms with Gasteiger partial charge in [-0.15, -0.1) is 0 Å². The first-order chi connectivity index (χ1) is 8.84. The van der Waals surface area contributed by atoms with E-state index in [1.54, 1.807) is 0 Å². The van der Waals surface area contributed by atoms with Crippen molar-refractivity contribution in [2.24, 2.45) is 0 Å². The summed E-state index contributed by atoms with van der Waals surface area (Å²) in [6, 6.07) is 0.206. The van der Waals surface area contributed by atoms with Crippen LogP contribution < -0.4 is 0 Å². The molecule has 0 saturated carbocycles. The minimum atomic E-state index is -4.02. The predicted molar refractivity (Wildman–Crippen MR) is 56.9 cm³/mol. The fraction of sp³-hybridized carbons (Fsp3) is 0.400. The summed E-state index contributed by atoms with van der Waals surface area (Å²) in [5.41, 5.74) is -1.06. The van der Waals surface area contributed by atoms with E-state index in [1.165, 1.54) is 0 Å². The summed E-state index contributed by atoms with van der Waals surface area (Å²) in [4.78, 5) is 0. The van der Waals surface area contributed by atoms with Crippen LogP contribution in [0.5, 0.6) is 0 Å². The van der Waals surface area contributed by atoms with E-state index in [1.807, 2.05) is 0 Å². The van der Waals surface area contributed by atoms with Gasteiger partial charge in [0, 0.05) is 26.9 Å². The summed E-state index contributed by atoms with van der Waals surface area (Å²) >= 11 is 0. The molecule has 9 heteroatoms. The number of rotatable bonds is 5. The Morgan fingerprint density at radius 3 is 1.79 bits per heavy atom. The molecule has 1 aromatic carbocycles. The number of alkyl halides is 1. The van der Waals surface area contributed by atoms with Crippen LogP contribution in [0.25, 0.3) is 0 Å². The van der Waals surface area contributed by atoms with Crippen molar-refractivity contribution in [3.8, 4) is 0 Å². The zero-order valence-corrected chi connectivity index (χ0v) is 11.3. The van der Waals surface area contributed by atoms with Crippen molar-refractivity contribution in [2.75, 3.05) is 21.3 Å². The molecule has 0 aliphatic heterocycles. The van der Waals surface area contributed by atoms with Crippen LogP contribution >= 0.6 is 0 Å². The molecular formula is C10H11F5O3Si. The van der Waals surface area contributed by atoms with Gasteiger partial charge in [-0.25, -0.2) is 22.0 Å². The number of halogens is 5. The maximum absolute atomic E-state index is 14.2. The Kier molecular flexibility index (Phi) is 5.02. The molecule has 108 valence electrons. The minimum Gasteiger partial charge on any atom is -0.375 e. The molecule has 0 fully saturated rings. The van der Waals surface area contributed by atoms with E-state index in [2.05, 4.69) is 0 Å². The second-order valence-corrected chi connectivity index (χ2v) is 6.41. The maximum atomic E-state index is 14.2. The lowest BCUT2D eigenvalue weighted by Crippen LogP contribution is -2.48. The number of hydrogen-bond donors (Lipinski definition) is 0. The van der Waals surface area contributed by atoms with E-state index < -0.39 is 43.4 Å². The molecule has 0 aliphatic carbocycles. The Morgan fingerprint density at radius 1 is 0.895 bits per heavy atom. The lowest BCUT2D eigenvalue weighted by atomic mass is 10.2. The van der Waals surface area contributed by atoms with Crippen LogP contribution in [0.3, 0.4) is 0 Å². The minimum absolute atomic E-state index is 0.206. The van der Waals surface area contributed by atoms with Gasteiger partial charge in [0.15, 0.2) is 29.1 Å². The van der Waals surface area contributed by atoms with E-state index in [0.29, 0.717) is 0 Å². The molecule has 0 saturated heterocycles. The van der Waals surface area contributed by atoms with E-state index in [0.717, 1.165) is 21.3 Å². The first kappa shape index (κ1) is 16.0. The third kappa shape index (κ3) is 2.64. The summed E-state index contributed by atoms with van der Waals surface area (Å²) in [6.45, 7) is 0. The van der Waals surface area contributed by atoms with Gasteiger partial charge in [-0.2, -0.15) is 0 Å². The molecule has 0 N–H and O–H groups in total. The highest BCUT2D eigenvalue weighted by Gasteiger charge is 2.51. The van der Waals surface area contributed by atoms with Crippen LogP contribution in [-0.4, -0.2) is 30.1 Å². The summed E-state index contributed by atoms with van der Waals surface area (Å²) in [7, 11) is -0.894. The van der Waals surface area contributed by atoms with Crippen molar-refractivity contribution >= 4 is 8.80 Å². The van der Waals surface area contributed by atoms with Gasteiger partial charge in [0.25, 0.3) is 0 Å². The fourth-order valence-electron chi connectivity index (χ4n) is 1.53. The van der Waals surface area contributed by atoms with Crippen molar-refractivity contribution in [3.63, 3.8) is 0 Å². The molecule has 0 heterocycles. The third-order valence-electron chi connectivity index (χ3n) is 2.57. The van der Waals surface area contributed by atoms with Crippen molar-refractivity contribution in [2.45, 2.75) is 5.79 Å². The molecule has 0 amide bonds. The standard InChI is InChI=1S/C10H11F5O3Si/c1-16-19(17-2,18-3)10(15)5-4-6(11)8(13)9(14)7(5)12/h4,10H,1-3H3. The number of benzene rings is 1. The molecule has 0 aliphatic rings. The third-order valence-corrected chi connectivity index (χ3v) is 5.21. The monoisotopic (exact) mass is 302 g/mol. The Labute approximate surface area is 107 Å². The van der Waals surface area contributed by atoms with Gasteiger partial charge in [0.05, 0.1) is 0 Å². The van der Waals surface area contributed by atoms with Crippen LogP contribution in [0.1, 0.15) is 11.4 Å². The molecule has 19 heavy (non-hydrogen) atoms. The van der Waals surface area contributed by atoms with E-state index >= 15 is 0 Å². The Morgan fingerprint density at radius 2 is 1.37 bits per heavy atom. The quantitative estimate of drug-likeness (QED) is 0.362. The highest BCUT2D eigenvalue weighted by Crippen LogP contribution is 2.33. The van der Waals surface area contributed by atoms with Gasteiger partial charge in [0.1, 0.15) is 0 Å². The van der Waals surface area contributed by atoms with Gasteiger partial charge in [-0.1, -0.05) is 0 Å². The topological polar surface area (TPSA) is 27.7 Å². The van der Waals surface area contributed by atoms with Crippen molar-refractivity contribution in [3.05, 3.63) is 34.9 Å². The van der Waals surface area contributed by atoms with Gasteiger partial charge >= 0.3 is 8.80 Å². The molecule has 0 radical (unpaired) electrons. The molecule has 1 rings (SSSR count). The van der Waals surface area contributed by atoms with Crippen LogP contribution in [0.2, 0.25) is 0 Å². The SMILES string of the molecule is CO[Si](OC)(OC)C(F)c1cc(F)c(F)c(F)c1F. The molecule has 1 atom stereocenters. The summed E-state index contributed by atoms with van der Waals surface area (Å²) in [5.74, 6) is -10.1. The van der Waals surface area contributed by atoms with Gasteiger partial charge in [-0.3, -0.25) is 0 Å². The predicted octanol–water partition coefficient (Wildman–Crippen LogP) is 2.67. The average molecular weight is 302 g/mol. The summed E-state index contributed by atoms with van der Waals surface area (Å²) in [5, 5.41) is 0. The van der Waals surface area contributed by atoms with Crippen molar-refractivity contribution < 1.29 is 35.2 Å². The van der Waals surface area contributed by atoms with Gasteiger partial charge in [-0.05, 0) is 6.07 Å². The lowest BCUT2D eigenvalue weighted by molar-refractivity contribution is 0.0870. The van der Waals surface area contributed by atoms with Crippen LogP contribution in [0.15, 0.2) is 6.07 Å². The van der Waals surface area contributed by atoms with Crippen LogP contribution in [-0.2, 0) is 13.3 Å². The van der Waals surface area contributed by atoms with Crippen LogP contribution in [0.4, 0.5) is 22.0 Å². The second-order valence-electron chi connectivity index (χ2n) is 3.47. The zero-order chi connectivity index (χ0) is 14.8. The molecule has 0 aromatic heterocycles. The lowest BCUT2D eigenvalue weighted by Gasteiger charge is -2.27. The Balaban J connectivity index is 3.38. The largest absolute Gasteiger partial charge is 0.541 e. The van der Waals surface area contributed by atoms with E-state index in [4.69, 9.17) is 13.3 Å². The molecular weight excluding hydrogens is 291 g/mol. The summed E-state index contributed by atoms with van der Waals surface area (Å²) in [6.07, 6.45) is 0. The average Bonchev–Trinajstić information content (AvgIpc) is 2.43. The van der Waals surface area contributed by atoms with Crippen molar-refractivity contribution in [1.29, 1.82) is 0 Å². The van der Waals surface area contributed by atoms with Gasteiger partial charge < -0.3 is 13.3 Å². The zero-order valence-electron chi connectivity index (χ0n) is 10.3. The molecule has 0 bridgehead atoms. The molecule has 0 spiro atoms. The maximum Gasteiger partial charge on any atom is 0.541 e. The molecule has 1 unspecified atom stereocenters.